The topological polar surface area (TPSA) is 50.1 Å². The van der Waals surface area contributed by atoms with Gasteiger partial charge < -0.3 is 4.74 Å². The van der Waals surface area contributed by atoms with Gasteiger partial charge in [-0.1, -0.05) is 17.7 Å². The molecule has 1 rings (SSSR count). The van der Waals surface area contributed by atoms with Crippen LogP contribution >= 0.6 is 11.6 Å². The van der Waals surface area contributed by atoms with Crippen LogP contribution in [0.1, 0.15) is 5.56 Å². The summed E-state index contributed by atoms with van der Waals surface area (Å²) in [7, 11) is 1.14. The highest BCUT2D eigenvalue weighted by Crippen LogP contribution is 2.21. The van der Waals surface area contributed by atoms with E-state index in [2.05, 4.69) is 4.74 Å². The predicted octanol–water partition coefficient (Wildman–Crippen LogP) is 2.56. The molecule has 82 valence electrons. The quantitative estimate of drug-likeness (QED) is 0.453. The third-order valence-electron chi connectivity index (χ3n) is 1.81. The number of hydrogen-bond donors (Lipinski definition) is 0. The number of methoxy groups -OCH3 is 1. The van der Waals surface area contributed by atoms with Crippen LogP contribution in [0.4, 0.5) is 4.39 Å². The van der Waals surface area contributed by atoms with Gasteiger partial charge >= 0.3 is 5.97 Å². The van der Waals surface area contributed by atoms with Gasteiger partial charge in [0.2, 0.25) is 0 Å². The minimum atomic E-state index is -0.832. The molecule has 1 aromatic carbocycles. The van der Waals surface area contributed by atoms with Crippen LogP contribution in [-0.4, -0.2) is 13.1 Å². The molecule has 16 heavy (non-hydrogen) atoms. The second-order valence-electron chi connectivity index (χ2n) is 2.80. The van der Waals surface area contributed by atoms with Crippen LogP contribution < -0.4 is 0 Å². The highest BCUT2D eigenvalue weighted by Gasteiger charge is 2.12. The largest absolute Gasteiger partial charge is 0.465 e. The lowest BCUT2D eigenvalue weighted by Crippen LogP contribution is -2.03. The Morgan fingerprint density at radius 2 is 2.31 bits per heavy atom. The van der Waals surface area contributed by atoms with Gasteiger partial charge in [-0.3, -0.25) is 0 Å². The standard InChI is InChI=1S/C11H7ClFNO2/c1-16-11(15)7(6-14)5-8-9(12)3-2-4-10(8)13/h2-5H,1H3. The van der Waals surface area contributed by atoms with Crippen molar-refractivity contribution in [2.45, 2.75) is 0 Å². The molecule has 0 atom stereocenters. The molecular weight excluding hydrogens is 233 g/mol. The van der Waals surface area contributed by atoms with Crippen LogP contribution in [0.15, 0.2) is 23.8 Å². The monoisotopic (exact) mass is 239 g/mol. The van der Waals surface area contributed by atoms with Crippen LogP contribution in [0.5, 0.6) is 0 Å². The maximum atomic E-state index is 13.3. The fourth-order valence-corrected chi connectivity index (χ4v) is 1.26. The number of esters is 1. The number of benzene rings is 1. The maximum absolute atomic E-state index is 13.3. The minimum Gasteiger partial charge on any atom is -0.465 e. The molecule has 0 fully saturated rings. The summed E-state index contributed by atoms with van der Waals surface area (Å²) in [4.78, 5) is 11.1. The average Bonchev–Trinajstić information content (AvgIpc) is 2.28. The van der Waals surface area contributed by atoms with Crippen molar-refractivity contribution in [2.75, 3.05) is 7.11 Å². The molecule has 1 aromatic rings. The van der Waals surface area contributed by atoms with Gasteiger partial charge in [0.25, 0.3) is 0 Å². The zero-order chi connectivity index (χ0) is 12.1. The van der Waals surface area contributed by atoms with Gasteiger partial charge in [-0.2, -0.15) is 5.26 Å². The number of halogens is 2. The molecule has 0 amide bonds. The number of rotatable bonds is 2. The Bertz CT molecular complexity index is 471. The molecule has 0 saturated heterocycles. The summed E-state index contributed by atoms with van der Waals surface area (Å²) in [6.07, 6.45) is 1.06. The summed E-state index contributed by atoms with van der Waals surface area (Å²) >= 11 is 5.73. The predicted molar refractivity (Wildman–Crippen MR) is 57.0 cm³/mol. The number of ether oxygens (including phenoxy) is 1. The molecule has 0 aliphatic heterocycles. The van der Waals surface area contributed by atoms with E-state index in [0.717, 1.165) is 13.2 Å². The SMILES string of the molecule is COC(=O)C(C#N)=Cc1c(F)cccc1Cl. The molecular formula is C11H7ClFNO2. The fraction of sp³-hybridized carbons (Fsp3) is 0.0909. The third-order valence-corrected chi connectivity index (χ3v) is 2.14. The molecule has 3 nitrogen and oxygen atoms in total. The van der Waals surface area contributed by atoms with Gasteiger partial charge in [-0.15, -0.1) is 0 Å². The van der Waals surface area contributed by atoms with Crippen LogP contribution in [-0.2, 0) is 9.53 Å². The summed E-state index contributed by atoms with van der Waals surface area (Å²) in [6.45, 7) is 0. The minimum absolute atomic E-state index is 0.00823. The van der Waals surface area contributed by atoms with Crippen LogP contribution in [0.25, 0.3) is 6.08 Å². The molecule has 0 bridgehead atoms. The first-order chi connectivity index (χ1) is 7.60. The molecule has 0 aliphatic carbocycles. The van der Waals surface area contributed by atoms with E-state index < -0.39 is 11.8 Å². The fourth-order valence-electron chi connectivity index (χ4n) is 1.04. The lowest BCUT2D eigenvalue weighted by atomic mass is 10.1. The van der Waals surface area contributed by atoms with Gasteiger partial charge in [0.05, 0.1) is 12.1 Å². The average molecular weight is 240 g/mol. The Morgan fingerprint density at radius 3 is 2.81 bits per heavy atom. The molecule has 0 heterocycles. The number of hydrogen-bond acceptors (Lipinski definition) is 3. The molecule has 0 aliphatic rings. The van der Waals surface area contributed by atoms with Crippen molar-refractivity contribution >= 4 is 23.6 Å². The van der Waals surface area contributed by atoms with Crippen LogP contribution in [0, 0.1) is 17.1 Å². The van der Waals surface area contributed by atoms with Crippen molar-refractivity contribution in [1.29, 1.82) is 5.26 Å². The smallest absolute Gasteiger partial charge is 0.348 e. The highest BCUT2D eigenvalue weighted by molar-refractivity contribution is 6.32. The molecule has 0 radical (unpaired) electrons. The number of nitrogens with zero attached hydrogens (tertiary/aromatic N) is 1. The second kappa shape index (κ2) is 5.29. The first-order valence-electron chi connectivity index (χ1n) is 4.24. The van der Waals surface area contributed by atoms with E-state index >= 15 is 0 Å². The Kier molecular flexibility index (Phi) is 4.03. The zero-order valence-corrected chi connectivity index (χ0v) is 9.08. The molecule has 0 aromatic heterocycles. The van der Waals surface area contributed by atoms with E-state index in [1.807, 2.05) is 0 Å². The number of carbonyl (C=O) groups is 1. The summed E-state index contributed by atoms with van der Waals surface area (Å²) in [5, 5.41) is 8.81. The van der Waals surface area contributed by atoms with Crippen molar-refractivity contribution < 1.29 is 13.9 Å². The lowest BCUT2D eigenvalue weighted by molar-refractivity contribution is -0.135. The molecule has 0 spiro atoms. The van der Waals surface area contributed by atoms with Gasteiger partial charge in [-0.05, 0) is 18.2 Å². The normalized spacial score (nSPS) is 10.8. The maximum Gasteiger partial charge on any atom is 0.348 e. The van der Waals surface area contributed by atoms with E-state index in [0.29, 0.717) is 0 Å². The summed E-state index contributed by atoms with van der Waals surface area (Å²) in [5.74, 6) is -1.44. The van der Waals surface area contributed by atoms with Crippen molar-refractivity contribution in [3.05, 3.63) is 40.2 Å². The summed E-state index contributed by atoms with van der Waals surface area (Å²) in [6, 6.07) is 5.69. The first-order valence-corrected chi connectivity index (χ1v) is 4.62. The second-order valence-corrected chi connectivity index (χ2v) is 3.20. The van der Waals surface area contributed by atoms with Gasteiger partial charge in [-0.25, -0.2) is 9.18 Å². The molecule has 0 saturated carbocycles. The highest BCUT2D eigenvalue weighted by atomic mass is 35.5. The molecule has 0 unspecified atom stereocenters. The van der Waals surface area contributed by atoms with E-state index in [-0.39, 0.29) is 16.2 Å². The first kappa shape index (κ1) is 12.2. The van der Waals surface area contributed by atoms with E-state index in [9.17, 15) is 9.18 Å². The third kappa shape index (κ3) is 2.59. The van der Waals surface area contributed by atoms with Gasteiger partial charge in [0, 0.05) is 5.56 Å². The zero-order valence-electron chi connectivity index (χ0n) is 8.33. The van der Waals surface area contributed by atoms with Crippen molar-refractivity contribution in [2.24, 2.45) is 0 Å². The van der Waals surface area contributed by atoms with Crippen molar-refractivity contribution in [3.63, 3.8) is 0 Å². The van der Waals surface area contributed by atoms with Crippen LogP contribution in [0.3, 0.4) is 0 Å². The van der Waals surface area contributed by atoms with E-state index in [4.69, 9.17) is 16.9 Å². The van der Waals surface area contributed by atoms with Crippen LogP contribution in [0.2, 0.25) is 5.02 Å². The summed E-state index contributed by atoms with van der Waals surface area (Å²) < 4.78 is 17.7. The molecule has 0 N–H and O–H groups in total. The van der Waals surface area contributed by atoms with E-state index in [1.54, 1.807) is 6.07 Å². The summed E-state index contributed by atoms with van der Waals surface area (Å²) in [5.41, 5.74) is -0.319. The van der Waals surface area contributed by atoms with Crippen molar-refractivity contribution in [1.82, 2.24) is 0 Å². The Morgan fingerprint density at radius 1 is 1.62 bits per heavy atom. The Labute approximate surface area is 96.7 Å². The Hall–Kier alpha value is -1.86. The van der Waals surface area contributed by atoms with Gasteiger partial charge in [0.1, 0.15) is 17.5 Å². The molecule has 5 heteroatoms. The van der Waals surface area contributed by atoms with E-state index in [1.165, 1.54) is 18.2 Å². The van der Waals surface area contributed by atoms with Gasteiger partial charge in [0.15, 0.2) is 0 Å². The Balaban J connectivity index is 3.25. The van der Waals surface area contributed by atoms with Crippen molar-refractivity contribution in [3.8, 4) is 6.07 Å². The lowest BCUT2D eigenvalue weighted by Gasteiger charge is -2.01. The number of carbonyl (C=O) groups excluding carboxylic acids is 1. The number of nitriles is 1.